The average Bonchev–Trinajstić information content (AvgIpc) is 2.87. The van der Waals surface area contributed by atoms with Crippen molar-refractivity contribution in [3.63, 3.8) is 0 Å². The lowest BCUT2D eigenvalue weighted by atomic mass is 10.2. The maximum atomic E-state index is 11.5. The highest BCUT2D eigenvalue weighted by Gasteiger charge is 2.19. The predicted molar refractivity (Wildman–Crippen MR) is 72.8 cm³/mol. The summed E-state index contributed by atoms with van der Waals surface area (Å²) in [5, 5.41) is 9.40. The Balaban J connectivity index is 2.03. The normalized spacial score (nSPS) is 11.8. The van der Waals surface area contributed by atoms with E-state index in [4.69, 9.17) is 10.2 Å². The molecule has 3 N–H and O–H groups in total. The summed E-state index contributed by atoms with van der Waals surface area (Å²) in [6.45, 7) is 1.61. The number of nitrogens with two attached hydrogens (primary N) is 1. The molecule has 1 atom stereocenters. The standard InChI is InChI=1S/C12H12N4O3S/c1-7(9(17)14-11(13)18)20-12-16-15-10(19-12)8-5-3-2-4-6-8/h2-7H,1H3,(H3,13,14,17,18)/t7-/m1/s1. The van der Waals surface area contributed by atoms with Gasteiger partial charge in [-0.2, -0.15) is 0 Å². The van der Waals surface area contributed by atoms with Crippen LogP contribution in [-0.2, 0) is 4.79 Å². The van der Waals surface area contributed by atoms with E-state index in [1.54, 1.807) is 6.92 Å². The van der Waals surface area contributed by atoms with Crippen molar-refractivity contribution in [3.05, 3.63) is 30.3 Å². The van der Waals surface area contributed by atoms with Crippen LogP contribution in [-0.4, -0.2) is 27.4 Å². The number of benzene rings is 1. The highest BCUT2D eigenvalue weighted by molar-refractivity contribution is 8.00. The van der Waals surface area contributed by atoms with Crippen LogP contribution in [0, 0.1) is 0 Å². The minimum Gasteiger partial charge on any atom is -0.411 e. The van der Waals surface area contributed by atoms with Crippen LogP contribution >= 0.6 is 11.8 Å². The lowest BCUT2D eigenvalue weighted by molar-refractivity contribution is -0.119. The second-order valence-corrected chi connectivity index (χ2v) is 5.14. The third kappa shape index (κ3) is 3.58. The predicted octanol–water partition coefficient (Wildman–Crippen LogP) is 1.41. The second kappa shape index (κ2) is 6.20. The van der Waals surface area contributed by atoms with Crippen molar-refractivity contribution in [2.45, 2.75) is 17.4 Å². The van der Waals surface area contributed by atoms with E-state index in [9.17, 15) is 9.59 Å². The zero-order valence-electron chi connectivity index (χ0n) is 10.6. The molecule has 0 saturated carbocycles. The summed E-state index contributed by atoms with van der Waals surface area (Å²) >= 11 is 1.05. The molecule has 1 aromatic carbocycles. The quantitative estimate of drug-likeness (QED) is 0.824. The number of rotatable bonds is 4. The molecule has 0 bridgehead atoms. The largest absolute Gasteiger partial charge is 0.411 e. The Labute approximate surface area is 118 Å². The molecule has 0 saturated heterocycles. The van der Waals surface area contributed by atoms with Crippen molar-refractivity contribution >= 4 is 23.7 Å². The monoisotopic (exact) mass is 292 g/mol. The molecule has 3 amide bonds. The number of amides is 3. The second-order valence-electron chi connectivity index (χ2n) is 3.85. The molecule has 0 aliphatic carbocycles. The number of aromatic nitrogens is 2. The first-order valence-corrected chi connectivity index (χ1v) is 6.60. The first-order chi connectivity index (χ1) is 9.56. The summed E-state index contributed by atoms with van der Waals surface area (Å²) < 4.78 is 5.44. The molecule has 8 heteroatoms. The molecule has 7 nitrogen and oxygen atoms in total. The molecule has 0 spiro atoms. The summed E-state index contributed by atoms with van der Waals surface area (Å²) in [4.78, 5) is 22.1. The first kappa shape index (κ1) is 14.1. The topological polar surface area (TPSA) is 111 Å². The molecule has 0 unspecified atom stereocenters. The molecule has 1 heterocycles. The zero-order chi connectivity index (χ0) is 14.5. The van der Waals surface area contributed by atoms with Crippen LogP contribution < -0.4 is 11.1 Å². The Hall–Kier alpha value is -2.35. The summed E-state index contributed by atoms with van der Waals surface area (Å²) in [6, 6.07) is 8.38. The third-order valence-electron chi connectivity index (χ3n) is 2.32. The Kier molecular flexibility index (Phi) is 4.36. The molecule has 0 radical (unpaired) electrons. The number of carbonyl (C=O) groups excluding carboxylic acids is 2. The highest BCUT2D eigenvalue weighted by atomic mass is 32.2. The fraction of sp³-hybridized carbons (Fsp3) is 0.167. The fourth-order valence-corrected chi connectivity index (χ4v) is 2.07. The van der Waals surface area contributed by atoms with Crippen molar-refractivity contribution in [3.8, 4) is 11.5 Å². The summed E-state index contributed by atoms with van der Waals surface area (Å²) in [5.74, 6) is -0.141. The van der Waals surface area contributed by atoms with E-state index in [0.29, 0.717) is 5.89 Å². The minimum atomic E-state index is -0.891. The summed E-state index contributed by atoms with van der Waals surface area (Å²) in [6.07, 6.45) is 0. The number of hydrogen-bond donors (Lipinski definition) is 2. The number of thioether (sulfide) groups is 1. The molecule has 2 rings (SSSR count). The van der Waals surface area contributed by atoms with Gasteiger partial charge in [-0.25, -0.2) is 4.79 Å². The van der Waals surface area contributed by atoms with E-state index in [1.165, 1.54) is 0 Å². The maximum absolute atomic E-state index is 11.5. The van der Waals surface area contributed by atoms with Crippen molar-refractivity contribution in [2.75, 3.05) is 0 Å². The highest BCUT2D eigenvalue weighted by Crippen LogP contribution is 2.25. The lowest BCUT2D eigenvalue weighted by Gasteiger charge is -2.06. The Morgan fingerprint density at radius 2 is 2.00 bits per heavy atom. The van der Waals surface area contributed by atoms with Gasteiger partial charge < -0.3 is 10.2 Å². The van der Waals surface area contributed by atoms with E-state index < -0.39 is 17.2 Å². The van der Waals surface area contributed by atoms with Gasteiger partial charge in [0.15, 0.2) is 0 Å². The molecule has 0 fully saturated rings. The van der Waals surface area contributed by atoms with Gasteiger partial charge in [0.25, 0.3) is 5.22 Å². The Bertz CT molecular complexity index is 614. The fourth-order valence-electron chi connectivity index (χ4n) is 1.38. The van der Waals surface area contributed by atoms with E-state index in [0.717, 1.165) is 17.3 Å². The summed E-state index contributed by atoms with van der Waals surface area (Å²) in [5.41, 5.74) is 5.67. The average molecular weight is 292 g/mol. The van der Waals surface area contributed by atoms with Crippen LogP contribution in [0.2, 0.25) is 0 Å². The van der Waals surface area contributed by atoms with Crippen molar-refractivity contribution in [2.24, 2.45) is 5.73 Å². The molecule has 1 aromatic heterocycles. The molecule has 20 heavy (non-hydrogen) atoms. The van der Waals surface area contributed by atoms with Crippen LogP contribution in [0.3, 0.4) is 0 Å². The number of imide groups is 1. The van der Waals surface area contributed by atoms with E-state index in [-0.39, 0.29) is 5.22 Å². The van der Waals surface area contributed by atoms with Crippen LogP contribution in [0.5, 0.6) is 0 Å². The lowest BCUT2D eigenvalue weighted by Crippen LogP contribution is -2.39. The molecule has 104 valence electrons. The molecular weight excluding hydrogens is 280 g/mol. The van der Waals surface area contributed by atoms with Crippen LogP contribution in [0.25, 0.3) is 11.5 Å². The van der Waals surface area contributed by atoms with Gasteiger partial charge in [-0.1, -0.05) is 30.0 Å². The Morgan fingerprint density at radius 1 is 1.30 bits per heavy atom. The van der Waals surface area contributed by atoms with Gasteiger partial charge in [0.05, 0.1) is 5.25 Å². The first-order valence-electron chi connectivity index (χ1n) is 5.72. The van der Waals surface area contributed by atoms with Gasteiger partial charge in [0.2, 0.25) is 11.8 Å². The van der Waals surface area contributed by atoms with Crippen LogP contribution in [0.15, 0.2) is 40.0 Å². The van der Waals surface area contributed by atoms with Gasteiger partial charge in [-0.05, 0) is 19.1 Å². The number of carbonyl (C=O) groups is 2. The van der Waals surface area contributed by atoms with Gasteiger partial charge in [0, 0.05) is 5.56 Å². The smallest absolute Gasteiger partial charge is 0.318 e. The molecule has 2 aromatic rings. The van der Waals surface area contributed by atoms with Crippen LogP contribution in [0.1, 0.15) is 6.92 Å². The van der Waals surface area contributed by atoms with E-state index in [1.807, 2.05) is 35.6 Å². The summed E-state index contributed by atoms with van der Waals surface area (Å²) in [7, 11) is 0. The van der Waals surface area contributed by atoms with E-state index >= 15 is 0 Å². The van der Waals surface area contributed by atoms with Crippen molar-refractivity contribution < 1.29 is 14.0 Å². The molecular formula is C12H12N4O3S. The number of nitrogens with zero attached hydrogens (tertiary/aromatic N) is 2. The van der Waals surface area contributed by atoms with Crippen LogP contribution in [0.4, 0.5) is 4.79 Å². The number of nitrogens with one attached hydrogen (secondary N) is 1. The minimum absolute atomic E-state index is 0.246. The third-order valence-corrected chi connectivity index (χ3v) is 3.25. The number of primary amides is 1. The molecule has 0 aliphatic rings. The van der Waals surface area contributed by atoms with Gasteiger partial charge in [-0.15, -0.1) is 10.2 Å². The SMILES string of the molecule is C[C@@H](Sc1nnc(-c2ccccc2)o1)C(=O)NC(N)=O. The van der Waals surface area contributed by atoms with Crippen molar-refractivity contribution in [1.29, 1.82) is 0 Å². The number of hydrogen-bond acceptors (Lipinski definition) is 6. The number of urea groups is 1. The van der Waals surface area contributed by atoms with Crippen molar-refractivity contribution in [1.82, 2.24) is 15.5 Å². The van der Waals surface area contributed by atoms with Gasteiger partial charge in [0.1, 0.15) is 0 Å². The van der Waals surface area contributed by atoms with Gasteiger partial charge >= 0.3 is 6.03 Å². The zero-order valence-corrected chi connectivity index (χ0v) is 11.4. The molecule has 0 aliphatic heterocycles. The van der Waals surface area contributed by atoms with E-state index in [2.05, 4.69) is 10.2 Å². The maximum Gasteiger partial charge on any atom is 0.318 e. The Morgan fingerprint density at radius 3 is 2.65 bits per heavy atom. The van der Waals surface area contributed by atoms with Gasteiger partial charge in [-0.3, -0.25) is 10.1 Å².